The molecule has 0 aromatic heterocycles. The number of rotatable bonds is 1. The first-order valence-electron chi connectivity index (χ1n) is 3.46. The summed E-state index contributed by atoms with van der Waals surface area (Å²) in [5.74, 6) is -1.54. The largest absolute Gasteiger partial charge is 0.351 e. The lowest BCUT2D eigenvalue weighted by Crippen LogP contribution is -2.35. The molecule has 1 aromatic rings. The van der Waals surface area contributed by atoms with Crippen molar-refractivity contribution in [3.63, 3.8) is 0 Å². The number of urea groups is 1. The molecule has 5 heteroatoms. The monoisotopic (exact) mass is 182 g/mol. The molecule has 0 bridgehead atoms. The molecule has 0 heterocycles. The highest BCUT2D eigenvalue weighted by Crippen LogP contribution is 2.05. The van der Waals surface area contributed by atoms with Crippen LogP contribution in [0.15, 0.2) is 24.3 Å². The molecule has 0 aliphatic carbocycles. The Hall–Kier alpha value is -1.91. The molecule has 0 saturated carbocycles. The second kappa shape index (κ2) is 3.66. The number of hydrogen-bond acceptors (Lipinski definition) is 2. The molecule has 4 nitrogen and oxygen atoms in total. The number of primary amides is 1. The molecular weight excluding hydrogens is 175 g/mol. The summed E-state index contributed by atoms with van der Waals surface area (Å²) in [5, 5.41) is 1.76. The molecule has 68 valence electrons. The Morgan fingerprint density at radius 3 is 2.46 bits per heavy atom. The highest BCUT2D eigenvalue weighted by molar-refractivity contribution is 6.03. The average Bonchev–Trinajstić information content (AvgIpc) is 2.03. The van der Waals surface area contributed by atoms with Gasteiger partial charge in [0.05, 0.1) is 5.56 Å². The third-order valence-electron chi connectivity index (χ3n) is 1.36. The van der Waals surface area contributed by atoms with Gasteiger partial charge in [0.2, 0.25) is 0 Å². The van der Waals surface area contributed by atoms with E-state index in [1.54, 1.807) is 5.32 Å². The van der Waals surface area contributed by atoms with E-state index in [4.69, 9.17) is 0 Å². The lowest BCUT2D eigenvalue weighted by molar-refractivity contribution is 0.0962. The Morgan fingerprint density at radius 1 is 1.31 bits per heavy atom. The van der Waals surface area contributed by atoms with Crippen molar-refractivity contribution in [2.24, 2.45) is 5.73 Å². The Bertz CT molecular complexity index is 352. The van der Waals surface area contributed by atoms with E-state index in [1.807, 2.05) is 0 Å². The topological polar surface area (TPSA) is 72.2 Å². The summed E-state index contributed by atoms with van der Waals surface area (Å²) in [6.45, 7) is 0. The number of amides is 3. The normalized spacial score (nSPS) is 9.31. The smallest absolute Gasteiger partial charge is 0.319 e. The highest BCUT2D eigenvalue weighted by atomic mass is 19.1. The molecule has 0 radical (unpaired) electrons. The number of nitrogens with one attached hydrogen (secondary N) is 1. The Labute approximate surface area is 73.5 Å². The number of nitrogens with two attached hydrogens (primary N) is 1. The SMILES string of the molecule is NC(=O)NC(=O)c1ccccc1F. The van der Waals surface area contributed by atoms with Crippen LogP contribution in [-0.2, 0) is 0 Å². The van der Waals surface area contributed by atoms with Gasteiger partial charge in [0, 0.05) is 0 Å². The summed E-state index contributed by atoms with van der Waals surface area (Å²) in [4.78, 5) is 21.3. The van der Waals surface area contributed by atoms with Gasteiger partial charge in [-0.1, -0.05) is 12.1 Å². The third-order valence-corrected chi connectivity index (χ3v) is 1.36. The number of hydrogen-bond donors (Lipinski definition) is 2. The van der Waals surface area contributed by atoms with Crippen molar-refractivity contribution in [1.29, 1.82) is 0 Å². The number of carbonyl (C=O) groups is 2. The number of benzene rings is 1. The van der Waals surface area contributed by atoms with E-state index in [2.05, 4.69) is 5.73 Å². The van der Waals surface area contributed by atoms with Gasteiger partial charge in [-0.25, -0.2) is 9.18 Å². The van der Waals surface area contributed by atoms with E-state index in [1.165, 1.54) is 18.2 Å². The maximum absolute atomic E-state index is 12.9. The molecule has 3 N–H and O–H groups in total. The fourth-order valence-electron chi connectivity index (χ4n) is 0.825. The van der Waals surface area contributed by atoms with Gasteiger partial charge >= 0.3 is 6.03 Å². The fraction of sp³-hybridized carbons (Fsp3) is 0. The van der Waals surface area contributed by atoms with E-state index in [-0.39, 0.29) is 5.56 Å². The summed E-state index contributed by atoms with van der Waals surface area (Å²) in [6, 6.07) is 4.30. The van der Waals surface area contributed by atoms with Gasteiger partial charge in [-0.15, -0.1) is 0 Å². The molecule has 0 fully saturated rings. The van der Waals surface area contributed by atoms with Crippen molar-refractivity contribution in [2.45, 2.75) is 0 Å². The second-order valence-corrected chi connectivity index (χ2v) is 2.30. The van der Waals surface area contributed by atoms with E-state index in [9.17, 15) is 14.0 Å². The minimum absolute atomic E-state index is 0.207. The van der Waals surface area contributed by atoms with Crippen LogP contribution in [0, 0.1) is 5.82 Å². The zero-order valence-corrected chi connectivity index (χ0v) is 6.58. The van der Waals surface area contributed by atoms with Crippen molar-refractivity contribution < 1.29 is 14.0 Å². The van der Waals surface area contributed by atoms with Crippen LogP contribution >= 0.6 is 0 Å². The van der Waals surface area contributed by atoms with Gasteiger partial charge in [0.1, 0.15) is 5.82 Å². The summed E-state index contributed by atoms with van der Waals surface area (Å²) < 4.78 is 12.9. The minimum atomic E-state index is -1.01. The summed E-state index contributed by atoms with van der Waals surface area (Å²) in [5.41, 5.74) is 4.48. The molecule has 3 amide bonds. The van der Waals surface area contributed by atoms with Crippen molar-refractivity contribution in [1.82, 2.24) is 5.32 Å². The summed E-state index contributed by atoms with van der Waals surface area (Å²) in [7, 11) is 0. The van der Waals surface area contributed by atoms with Crippen LogP contribution in [0.5, 0.6) is 0 Å². The van der Waals surface area contributed by atoms with Crippen LogP contribution in [0.2, 0.25) is 0 Å². The summed E-state index contributed by atoms with van der Waals surface area (Å²) >= 11 is 0. The van der Waals surface area contributed by atoms with Crippen molar-refractivity contribution in [3.05, 3.63) is 35.6 Å². The third kappa shape index (κ3) is 2.26. The maximum atomic E-state index is 12.9. The lowest BCUT2D eigenvalue weighted by atomic mass is 10.2. The molecule has 0 unspecified atom stereocenters. The molecule has 0 spiro atoms. The van der Waals surface area contributed by atoms with E-state index >= 15 is 0 Å². The zero-order valence-electron chi connectivity index (χ0n) is 6.58. The quantitative estimate of drug-likeness (QED) is 0.668. The van der Waals surface area contributed by atoms with Crippen molar-refractivity contribution in [3.8, 4) is 0 Å². The van der Waals surface area contributed by atoms with Gasteiger partial charge in [0.25, 0.3) is 5.91 Å². The maximum Gasteiger partial charge on any atom is 0.319 e. The molecule has 0 atom stereocenters. The standard InChI is InChI=1S/C8H7FN2O2/c9-6-4-2-1-3-5(6)7(12)11-8(10)13/h1-4H,(H3,10,11,12,13). The number of halogens is 1. The van der Waals surface area contributed by atoms with Gasteiger partial charge in [-0.3, -0.25) is 10.1 Å². The predicted molar refractivity (Wildman–Crippen MR) is 43.4 cm³/mol. The number of carbonyl (C=O) groups excluding carboxylic acids is 2. The average molecular weight is 182 g/mol. The van der Waals surface area contributed by atoms with Gasteiger partial charge in [0.15, 0.2) is 0 Å². The Morgan fingerprint density at radius 2 is 1.92 bits per heavy atom. The van der Waals surface area contributed by atoms with Crippen molar-refractivity contribution >= 4 is 11.9 Å². The number of imide groups is 1. The fourth-order valence-corrected chi connectivity index (χ4v) is 0.825. The molecule has 0 aliphatic heterocycles. The van der Waals surface area contributed by atoms with E-state index in [0.717, 1.165) is 6.07 Å². The molecule has 1 aromatic carbocycles. The first-order valence-corrected chi connectivity index (χ1v) is 3.46. The molecule has 0 saturated heterocycles. The first-order chi connectivity index (χ1) is 6.11. The Balaban J connectivity index is 2.89. The van der Waals surface area contributed by atoms with E-state index in [0.29, 0.717) is 0 Å². The van der Waals surface area contributed by atoms with Crippen LogP contribution in [0.1, 0.15) is 10.4 Å². The predicted octanol–water partition coefficient (Wildman–Crippen LogP) is 0.634. The summed E-state index contributed by atoms with van der Waals surface area (Å²) in [6.07, 6.45) is 0. The molecule has 0 aliphatic rings. The minimum Gasteiger partial charge on any atom is -0.351 e. The highest BCUT2D eigenvalue weighted by Gasteiger charge is 2.11. The van der Waals surface area contributed by atoms with Crippen LogP contribution in [0.4, 0.5) is 9.18 Å². The van der Waals surface area contributed by atoms with Crippen LogP contribution in [-0.4, -0.2) is 11.9 Å². The lowest BCUT2D eigenvalue weighted by Gasteiger charge is -2.00. The zero-order chi connectivity index (χ0) is 9.84. The molecule has 13 heavy (non-hydrogen) atoms. The second-order valence-electron chi connectivity index (χ2n) is 2.30. The Kier molecular flexibility index (Phi) is 2.59. The van der Waals surface area contributed by atoms with Gasteiger partial charge in [-0.2, -0.15) is 0 Å². The molecular formula is C8H7FN2O2. The van der Waals surface area contributed by atoms with E-state index < -0.39 is 17.8 Å². The van der Waals surface area contributed by atoms with Crippen LogP contribution in [0.3, 0.4) is 0 Å². The first kappa shape index (κ1) is 9.18. The van der Waals surface area contributed by atoms with Gasteiger partial charge < -0.3 is 5.73 Å². The van der Waals surface area contributed by atoms with Crippen LogP contribution < -0.4 is 11.1 Å². The molecule has 1 rings (SSSR count). The van der Waals surface area contributed by atoms with Crippen LogP contribution in [0.25, 0.3) is 0 Å². The van der Waals surface area contributed by atoms with Crippen molar-refractivity contribution in [2.75, 3.05) is 0 Å². The van der Waals surface area contributed by atoms with Gasteiger partial charge in [-0.05, 0) is 12.1 Å².